The number of hydrogen-bond donors (Lipinski definition) is 4. The number of rotatable bonds is 6. The van der Waals surface area contributed by atoms with Crippen molar-refractivity contribution in [1.82, 2.24) is 9.97 Å². The van der Waals surface area contributed by atoms with E-state index in [0.29, 0.717) is 34.0 Å². The van der Waals surface area contributed by atoms with Gasteiger partial charge in [0.25, 0.3) is 0 Å². The van der Waals surface area contributed by atoms with Gasteiger partial charge in [-0.1, -0.05) is 17.8 Å². The Kier molecular flexibility index (Phi) is 5.07. The van der Waals surface area contributed by atoms with Crippen LogP contribution in [0.1, 0.15) is 0 Å². The number of aromatic nitrogens is 2. The number of nitrogens with zero attached hydrogens (tertiary/aromatic N) is 2. The number of ether oxygens (including phenoxy) is 1. The Morgan fingerprint density at radius 2 is 1.86 bits per heavy atom. The van der Waals surface area contributed by atoms with Gasteiger partial charge in [-0.05, 0) is 12.1 Å². The smallest absolute Gasteiger partial charge is 0.191 e. The Bertz CT molecular complexity index is 591. The van der Waals surface area contributed by atoms with Crippen molar-refractivity contribution in [3.05, 3.63) is 30.3 Å². The van der Waals surface area contributed by atoms with Gasteiger partial charge in [-0.15, -0.1) is 0 Å². The predicted molar refractivity (Wildman–Crippen MR) is 83.9 cm³/mol. The molecule has 7 nitrogen and oxygen atoms in total. The molecule has 1 unspecified atom stereocenters. The summed E-state index contributed by atoms with van der Waals surface area (Å²) in [7, 11) is 0. The van der Waals surface area contributed by atoms with E-state index in [1.165, 1.54) is 17.8 Å². The maximum Gasteiger partial charge on any atom is 0.191 e. The van der Waals surface area contributed by atoms with Gasteiger partial charge in [0.1, 0.15) is 24.0 Å². The fraction of sp³-hybridized carbons (Fsp3) is 0.231. The van der Waals surface area contributed by atoms with Crippen LogP contribution in [-0.4, -0.2) is 33.5 Å². The normalized spacial score (nSPS) is 12.0. The van der Waals surface area contributed by atoms with E-state index in [2.05, 4.69) is 9.97 Å². The Morgan fingerprint density at radius 3 is 2.52 bits per heavy atom. The first kappa shape index (κ1) is 15.2. The number of nitrogens with two attached hydrogens (primary N) is 3. The molecule has 0 saturated heterocycles. The Morgan fingerprint density at radius 1 is 1.14 bits per heavy atom. The fourth-order valence-corrected chi connectivity index (χ4v) is 2.32. The largest absolute Gasteiger partial charge is 0.491 e. The van der Waals surface area contributed by atoms with Gasteiger partial charge >= 0.3 is 0 Å². The van der Waals surface area contributed by atoms with Crippen molar-refractivity contribution in [3.8, 4) is 5.75 Å². The van der Waals surface area contributed by atoms with Crippen LogP contribution in [-0.2, 0) is 0 Å². The highest BCUT2D eigenvalue weighted by molar-refractivity contribution is 7.99. The molecule has 0 radical (unpaired) electrons. The van der Waals surface area contributed by atoms with Crippen molar-refractivity contribution >= 4 is 29.1 Å². The molecule has 1 atom stereocenters. The summed E-state index contributed by atoms with van der Waals surface area (Å²) in [6.45, 7) is 0.147. The third-order valence-electron chi connectivity index (χ3n) is 2.45. The number of nitrogen functional groups attached to an aromatic ring is 3. The minimum atomic E-state index is -0.678. The quantitative estimate of drug-likeness (QED) is 0.349. The van der Waals surface area contributed by atoms with Crippen LogP contribution >= 0.6 is 11.8 Å². The van der Waals surface area contributed by atoms with E-state index in [9.17, 15) is 5.11 Å². The molecule has 1 heterocycles. The second-order valence-corrected chi connectivity index (χ2v) is 5.34. The molecule has 0 aliphatic carbocycles. The van der Waals surface area contributed by atoms with Gasteiger partial charge in [0, 0.05) is 23.6 Å². The third-order valence-corrected chi connectivity index (χ3v) is 3.44. The molecule has 2 rings (SSSR count). The molecule has 0 aliphatic rings. The first-order valence-electron chi connectivity index (χ1n) is 6.22. The maximum atomic E-state index is 9.88. The molecular formula is C13H17N5O2S. The molecule has 8 heteroatoms. The van der Waals surface area contributed by atoms with Crippen molar-refractivity contribution in [1.29, 1.82) is 0 Å². The van der Waals surface area contributed by atoms with E-state index in [-0.39, 0.29) is 6.61 Å². The Labute approximate surface area is 126 Å². The van der Waals surface area contributed by atoms with Crippen LogP contribution in [0.5, 0.6) is 5.75 Å². The number of thioether (sulfide) groups is 1. The highest BCUT2D eigenvalue weighted by Gasteiger charge is 2.09. The topological polar surface area (TPSA) is 133 Å². The van der Waals surface area contributed by atoms with E-state index in [0.717, 1.165) is 0 Å². The highest BCUT2D eigenvalue weighted by Crippen LogP contribution is 2.18. The zero-order valence-electron chi connectivity index (χ0n) is 11.3. The number of anilines is 3. The average molecular weight is 307 g/mol. The van der Waals surface area contributed by atoms with Crippen molar-refractivity contribution in [2.75, 3.05) is 29.6 Å². The lowest BCUT2D eigenvalue weighted by Gasteiger charge is -2.12. The first-order valence-corrected chi connectivity index (χ1v) is 7.21. The molecule has 112 valence electrons. The molecule has 2 aromatic rings. The molecule has 7 N–H and O–H groups in total. The molecular weight excluding hydrogens is 290 g/mol. The van der Waals surface area contributed by atoms with Crippen LogP contribution in [0.2, 0.25) is 0 Å². The minimum Gasteiger partial charge on any atom is -0.491 e. The monoisotopic (exact) mass is 307 g/mol. The van der Waals surface area contributed by atoms with Crippen LogP contribution in [0.4, 0.5) is 17.3 Å². The summed E-state index contributed by atoms with van der Waals surface area (Å²) in [6, 6.07) is 8.50. The van der Waals surface area contributed by atoms with Crippen LogP contribution < -0.4 is 21.9 Å². The molecule has 1 aromatic carbocycles. The van der Waals surface area contributed by atoms with Gasteiger partial charge in [0.05, 0.1) is 6.10 Å². The second kappa shape index (κ2) is 7.00. The van der Waals surface area contributed by atoms with E-state index in [1.54, 1.807) is 24.3 Å². The number of benzene rings is 1. The van der Waals surface area contributed by atoms with E-state index in [4.69, 9.17) is 21.9 Å². The second-order valence-electron chi connectivity index (χ2n) is 4.35. The summed E-state index contributed by atoms with van der Waals surface area (Å²) in [6.07, 6.45) is -0.678. The minimum absolute atomic E-state index is 0.147. The highest BCUT2D eigenvalue weighted by atomic mass is 32.2. The van der Waals surface area contributed by atoms with E-state index in [1.807, 2.05) is 0 Å². The molecule has 21 heavy (non-hydrogen) atoms. The first-order chi connectivity index (χ1) is 10.0. The average Bonchev–Trinajstić information content (AvgIpc) is 2.42. The number of hydrogen-bond acceptors (Lipinski definition) is 8. The molecule has 0 aliphatic heterocycles. The fourth-order valence-electron chi connectivity index (χ4n) is 1.54. The van der Waals surface area contributed by atoms with Gasteiger partial charge in [-0.25, -0.2) is 9.97 Å². The van der Waals surface area contributed by atoms with Crippen LogP contribution in [0.25, 0.3) is 0 Å². The zero-order valence-corrected chi connectivity index (χ0v) is 12.1. The summed E-state index contributed by atoms with van der Waals surface area (Å²) in [5, 5.41) is 10.3. The Balaban J connectivity index is 1.80. The van der Waals surface area contributed by atoms with Gasteiger partial charge in [0.15, 0.2) is 5.16 Å². The molecule has 0 amide bonds. The van der Waals surface area contributed by atoms with Gasteiger partial charge in [-0.3, -0.25) is 0 Å². The molecule has 0 fully saturated rings. The lowest BCUT2D eigenvalue weighted by molar-refractivity contribution is 0.126. The van der Waals surface area contributed by atoms with Gasteiger partial charge in [-0.2, -0.15) is 0 Å². The molecule has 0 spiro atoms. The summed E-state index contributed by atoms with van der Waals surface area (Å²) in [5.41, 5.74) is 17.4. The summed E-state index contributed by atoms with van der Waals surface area (Å²) in [4.78, 5) is 8.03. The van der Waals surface area contributed by atoms with Gasteiger partial charge < -0.3 is 27.0 Å². The lowest BCUT2D eigenvalue weighted by atomic mass is 10.3. The van der Waals surface area contributed by atoms with Crippen LogP contribution in [0.15, 0.2) is 35.5 Å². The molecule has 1 aromatic heterocycles. The lowest BCUT2D eigenvalue weighted by Crippen LogP contribution is -2.20. The van der Waals surface area contributed by atoms with Crippen molar-refractivity contribution in [3.63, 3.8) is 0 Å². The van der Waals surface area contributed by atoms with Crippen LogP contribution in [0, 0.1) is 0 Å². The third kappa shape index (κ3) is 5.01. The summed E-state index contributed by atoms with van der Waals surface area (Å²) >= 11 is 1.26. The zero-order chi connectivity index (χ0) is 15.2. The van der Waals surface area contributed by atoms with E-state index < -0.39 is 6.10 Å². The maximum absolute atomic E-state index is 9.88. The SMILES string of the molecule is Nc1cccc(OCC(O)CSc2nc(N)cc(N)n2)c1. The molecule has 0 saturated carbocycles. The van der Waals surface area contributed by atoms with Crippen molar-refractivity contribution in [2.24, 2.45) is 0 Å². The van der Waals surface area contributed by atoms with Crippen molar-refractivity contribution in [2.45, 2.75) is 11.3 Å². The summed E-state index contributed by atoms with van der Waals surface area (Å²) in [5.74, 6) is 1.58. The summed E-state index contributed by atoms with van der Waals surface area (Å²) < 4.78 is 5.45. The van der Waals surface area contributed by atoms with E-state index >= 15 is 0 Å². The predicted octanol–water partition coefficient (Wildman–Crippen LogP) is 0.755. The molecule has 0 bridgehead atoms. The Hall–Kier alpha value is -2.19. The van der Waals surface area contributed by atoms with Crippen molar-refractivity contribution < 1.29 is 9.84 Å². The number of aliphatic hydroxyl groups excluding tert-OH is 1. The number of aliphatic hydroxyl groups is 1. The van der Waals surface area contributed by atoms with Crippen LogP contribution in [0.3, 0.4) is 0 Å². The standard InChI is InChI=1S/C13H17N5O2S/c14-8-2-1-3-10(4-8)20-6-9(19)7-21-13-17-11(15)5-12(16)18-13/h1-5,9,19H,6-7,14H2,(H4,15,16,17,18). The van der Waals surface area contributed by atoms with Gasteiger partial charge in [0.2, 0.25) is 0 Å².